The van der Waals surface area contributed by atoms with Gasteiger partial charge in [0.15, 0.2) is 0 Å². The lowest BCUT2D eigenvalue weighted by atomic mass is 10.4. The van der Waals surface area contributed by atoms with E-state index >= 15 is 0 Å². The first kappa shape index (κ1) is 13.7. The van der Waals surface area contributed by atoms with Crippen LogP contribution in [0.25, 0.3) is 0 Å². The highest BCUT2D eigenvalue weighted by molar-refractivity contribution is 7.87. The van der Waals surface area contributed by atoms with Crippen LogP contribution >= 0.6 is 0 Å². The van der Waals surface area contributed by atoms with E-state index in [0.29, 0.717) is 5.56 Å². The van der Waals surface area contributed by atoms with E-state index in [0.717, 1.165) is 4.31 Å². The Morgan fingerprint density at radius 3 is 2.82 bits per heavy atom. The van der Waals surface area contributed by atoms with E-state index in [1.807, 2.05) is 0 Å². The Morgan fingerprint density at radius 1 is 1.59 bits per heavy atom. The number of aliphatic carboxylic acids is 1. The summed E-state index contributed by atoms with van der Waals surface area (Å²) in [6, 6.07) is 1.64. The topological polar surface area (TPSA) is 99.9 Å². The van der Waals surface area contributed by atoms with Gasteiger partial charge in [0.2, 0.25) is 0 Å². The second kappa shape index (κ2) is 5.80. The molecule has 1 heterocycles. The van der Waals surface area contributed by atoms with E-state index in [1.165, 1.54) is 19.6 Å². The third kappa shape index (κ3) is 4.55. The molecule has 1 aromatic heterocycles. The van der Waals surface area contributed by atoms with Crippen molar-refractivity contribution in [3.8, 4) is 0 Å². The average Bonchev–Trinajstić information content (AvgIpc) is 2.75. The van der Waals surface area contributed by atoms with Crippen LogP contribution in [-0.4, -0.2) is 37.4 Å². The minimum atomic E-state index is -3.65. The van der Waals surface area contributed by atoms with Gasteiger partial charge in [-0.1, -0.05) is 0 Å². The molecule has 0 fully saturated rings. The van der Waals surface area contributed by atoms with Crippen LogP contribution < -0.4 is 4.72 Å². The molecule has 0 bridgehead atoms. The van der Waals surface area contributed by atoms with Gasteiger partial charge in [-0.05, 0) is 6.07 Å². The van der Waals surface area contributed by atoms with E-state index < -0.39 is 16.2 Å². The molecule has 0 aliphatic rings. The maximum atomic E-state index is 11.6. The molecule has 0 aliphatic heterocycles. The molecule has 0 saturated heterocycles. The smallest absolute Gasteiger partial charge is 0.304 e. The van der Waals surface area contributed by atoms with Gasteiger partial charge in [-0.15, -0.1) is 0 Å². The van der Waals surface area contributed by atoms with Gasteiger partial charge in [-0.2, -0.15) is 17.4 Å². The van der Waals surface area contributed by atoms with Crippen molar-refractivity contribution >= 4 is 16.2 Å². The van der Waals surface area contributed by atoms with Gasteiger partial charge >= 0.3 is 5.97 Å². The van der Waals surface area contributed by atoms with Crippen LogP contribution in [0.2, 0.25) is 0 Å². The van der Waals surface area contributed by atoms with Crippen molar-refractivity contribution in [3.05, 3.63) is 24.2 Å². The van der Waals surface area contributed by atoms with Gasteiger partial charge in [-0.3, -0.25) is 4.79 Å². The summed E-state index contributed by atoms with van der Waals surface area (Å²) in [5.41, 5.74) is 0.695. The first-order chi connectivity index (χ1) is 7.92. The van der Waals surface area contributed by atoms with E-state index in [2.05, 4.69) is 4.72 Å². The molecule has 0 aromatic carbocycles. The van der Waals surface area contributed by atoms with Crippen LogP contribution in [0.5, 0.6) is 0 Å². The third-order valence-corrected chi connectivity index (χ3v) is 3.60. The molecule has 8 heteroatoms. The molecule has 0 aliphatic carbocycles. The first-order valence-electron chi connectivity index (χ1n) is 4.85. The molecule has 1 aromatic rings. The third-order valence-electron chi connectivity index (χ3n) is 2.09. The standard InChI is InChI=1S/C9H14N2O5S/c1-11(4-2-9(12)13)17(14,15)10-6-8-3-5-16-7-8/h3,5,7,10H,2,4,6H2,1H3,(H,12,13). The van der Waals surface area contributed by atoms with Gasteiger partial charge in [0.1, 0.15) is 0 Å². The predicted octanol–water partition coefficient (Wildman–Crippen LogP) is 0.0205. The number of carboxylic acids is 1. The molecular weight excluding hydrogens is 248 g/mol. The van der Waals surface area contributed by atoms with Crippen molar-refractivity contribution in [2.75, 3.05) is 13.6 Å². The monoisotopic (exact) mass is 262 g/mol. The molecule has 0 atom stereocenters. The van der Waals surface area contributed by atoms with Gasteiger partial charge in [0, 0.05) is 25.7 Å². The molecule has 96 valence electrons. The molecule has 0 radical (unpaired) electrons. The van der Waals surface area contributed by atoms with Gasteiger partial charge in [-0.25, -0.2) is 0 Å². The van der Waals surface area contributed by atoms with Crippen molar-refractivity contribution in [2.24, 2.45) is 0 Å². The summed E-state index contributed by atoms with van der Waals surface area (Å²) in [6.45, 7) is 0.0340. The minimum absolute atomic E-state index is 0.0734. The van der Waals surface area contributed by atoms with Gasteiger partial charge in [0.25, 0.3) is 10.2 Å². The Bertz CT molecular complexity index is 454. The molecular formula is C9H14N2O5S. The molecule has 1 rings (SSSR count). The summed E-state index contributed by atoms with van der Waals surface area (Å²) < 4.78 is 31.3. The second-order valence-electron chi connectivity index (χ2n) is 3.42. The van der Waals surface area contributed by atoms with Crippen molar-refractivity contribution in [2.45, 2.75) is 13.0 Å². The zero-order chi connectivity index (χ0) is 12.9. The molecule has 0 saturated carbocycles. The van der Waals surface area contributed by atoms with E-state index in [1.54, 1.807) is 6.07 Å². The number of carbonyl (C=O) groups is 1. The minimum Gasteiger partial charge on any atom is -0.481 e. The zero-order valence-electron chi connectivity index (χ0n) is 9.29. The fourth-order valence-electron chi connectivity index (χ4n) is 1.05. The number of hydrogen-bond donors (Lipinski definition) is 2. The Balaban J connectivity index is 2.47. The number of nitrogens with zero attached hydrogens (tertiary/aromatic N) is 1. The van der Waals surface area contributed by atoms with Crippen molar-refractivity contribution in [3.63, 3.8) is 0 Å². The van der Waals surface area contributed by atoms with Crippen molar-refractivity contribution in [1.82, 2.24) is 9.03 Å². The molecule has 7 nitrogen and oxygen atoms in total. The highest BCUT2D eigenvalue weighted by Gasteiger charge is 2.17. The van der Waals surface area contributed by atoms with Crippen LogP contribution in [0.1, 0.15) is 12.0 Å². The highest BCUT2D eigenvalue weighted by Crippen LogP contribution is 2.02. The Morgan fingerprint density at radius 2 is 2.29 bits per heavy atom. The normalized spacial score (nSPS) is 11.9. The molecule has 0 spiro atoms. The summed E-state index contributed by atoms with van der Waals surface area (Å²) in [6.07, 6.45) is 2.64. The maximum Gasteiger partial charge on any atom is 0.304 e. The largest absolute Gasteiger partial charge is 0.481 e. The van der Waals surface area contributed by atoms with Crippen LogP contribution in [0.3, 0.4) is 0 Å². The lowest BCUT2D eigenvalue weighted by Crippen LogP contribution is -2.38. The van der Waals surface area contributed by atoms with E-state index in [9.17, 15) is 13.2 Å². The average molecular weight is 262 g/mol. The first-order valence-corrected chi connectivity index (χ1v) is 6.29. The Hall–Kier alpha value is -1.38. The predicted molar refractivity (Wildman–Crippen MR) is 59.4 cm³/mol. The summed E-state index contributed by atoms with van der Waals surface area (Å²) in [4.78, 5) is 10.3. The van der Waals surface area contributed by atoms with Gasteiger partial charge < -0.3 is 9.52 Å². The van der Waals surface area contributed by atoms with Gasteiger partial charge in [0.05, 0.1) is 18.9 Å². The number of hydrogen-bond acceptors (Lipinski definition) is 4. The number of rotatable bonds is 7. The quantitative estimate of drug-likeness (QED) is 0.721. The Labute approximate surface area is 99.2 Å². The fourth-order valence-corrected chi connectivity index (χ4v) is 1.95. The van der Waals surface area contributed by atoms with E-state index in [4.69, 9.17) is 9.52 Å². The lowest BCUT2D eigenvalue weighted by Gasteiger charge is -2.16. The zero-order valence-corrected chi connectivity index (χ0v) is 10.1. The van der Waals surface area contributed by atoms with Crippen molar-refractivity contribution < 1.29 is 22.7 Å². The molecule has 17 heavy (non-hydrogen) atoms. The van der Waals surface area contributed by atoms with Crippen molar-refractivity contribution in [1.29, 1.82) is 0 Å². The summed E-state index contributed by atoms with van der Waals surface area (Å²) in [5.74, 6) is -1.04. The SMILES string of the molecule is CN(CCC(=O)O)S(=O)(=O)NCc1ccoc1. The van der Waals surface area contributed by atoms with E-state index in [-0.39, 0.29) is 19.5 Å². The van der Waals surface area contributed by atoms with Crippen LogP contribution in [-0.2, 0) is 21.5 Å². The lowest BCUT2D eigenvalue weighted by molar-refractivity contribution is -0.137. The number of furan rings is 1. The number of nitrogens with one attached hydrogen (secondary N) is 1. The second-order valence-corrected chi connectivity index (χ2v) is 5.29. The van der Waals surface area contributed by atoms with Crippen LogP contribution in [0.4, 0.5) is 0 Å². The molecule has 0 amide bonds. The molecule has 2 N–H and O–H groups in total. The maximum absolute atomic E-state index is 11.6. The van der Waals surface area contributed by atoms with Crippen LogP contribution in [0, 0.1) is 0 Å². The fraction of sp³-hybridized carbons (Fsp3) is 0.444. The number of carboxylic acid groups (broad SMARTS) is 1. The molecule has 0 unspecified atom stereocenters. The Kier molecular flexibility index (Phi) is 4.67. The summed E-state index contributed by atoms with van der Waals surface area (Å²) in [7, 11) is -2.33. The summed E-state index contributed by atoms with van der Waals surface area (Å²) in [5, 5.41) is 8.45. The highest BCUT2D eigenvalue weighted by atomic mass is 32.2. The summed E-state index contributed by atoms with van der Waals surface area (Å²) >= 11 is 0. The van der Waals surface area contributed by atoms with Crippen LogP contribution in [0.15, 0.2) is 23.0 Å².